The van der Waals surface area contributed by atoms with Crippen molar-refractivity contribution in [1.29, 1.82) is 0 Å². The van der Waals surface area contributed by atoms with Gasteiger partial charge in [-0.05, 0) is 42.7 Å². The van der Waals surface area contributed by atoms with Gasteiger partial charge in [-0.2, -0.15) is 0 Å². The summed E-state index contributed by atoms with van der Waals surface area (Å²) in [5.74, 6) is 0.543. The highest BCUT2D eigenvalue weighted by molar-refractivity contribution is 7.07. The lowest BCUT2D eigenvalue weighted by molar-refractivity contribution is -0.384. The van der Waals surface area contributed by atoms with Gasteiger partial charge in [0.05, 0.1) is 16.3 Å². The predicted octanol–water partition coefficient (Wildman–Crippen LogP) is 7.23. The summed E-state index contributed by atoms with van der Waals surface area (Å²) in [6, 6.07) is 13.8. The molecule has 0 N–H and O–H groups in total. The molecule has 6 heteroatoms. The summed E-state index contributed by atoms with van der Waals surface area (Å²) in [6.45, 7) is 6.68. The number of non-ortho nitro benzene ring substituents is 1. The van der Waals surface area contributed by atoms with Crippen LogP contribution in [0.1, 0.15) is 63.6 Å². The zero-order chi connectivity index (χ0) is 22.7. The molecule has 4 rings (SSSR count). The van der Waals surface area contributed by atoms with Gasteiger partial charge in [0.25, 0.3) is 5.69 Å². The highest BCUT2D eigenvalue weighted by Gasteiger charge is 2.26. The van der Waals surface area contributed by atoms with Crippen LogP contribution in [0.4, 0.5) is 11.4 Å². The lowest BCUT2D eigenvalue weighted by atomic mass is 9.85. The van der Waals surface area contributed by atoms with Crippen LogP contribution in [0, 0.1) is 16.0 Å². The molecule has 0 radical (unpaired) electrons. The number of aryl methyl sites for hydroxylation is 2. The summed E-state index contributed by atoms with van der Waals surface area (Å²) >= 11 is 1.64. The minimum atomic E-state index is -0.320. The summed E-state index contributed by atoms with van der Waals surface area (Å²) in [5.41, 5.74) is 5.65. The Bertz CT molecular complexity index is 1160. The van der Waals surface area contributed by atoms with Gasteiger partial charge < -0.3 is 4.57 Å². The number of rotatable bonds is 6. The second kappa shape index (κ2) is 9.82. The largest absolute Gasteiger partial charge is 0.313 e. The third-order valence-electron chi connectivity index (χ3n) is 6.66. The lowest BCUT2D eigenvalue weighted by Crippen LogP contribution is -2.28. The SMILES string of the molecule is CCc1cccc(CC)c1N=c1scc(-c2cccc([N+](=O)[O-])c2)n1C1CCCCC1C. The molecule has 1 saturated carbocycles. The van der Waals surface area contributed by atoms with E-state index in [0.29, 0.717) is 12.0 Å². The van der Waals surface area contributed by atoms with Crippen molar-refractivity contribution in [3.63, 3.8) is 0 Å². The molecule has 2 unspecified atom stereocenters. The van der Waals surface area contributed by atoms with E-state index in [2.05, 4.69) is 48.9 Å². The number of para-hydroxylation sites is 1. The van der Waals surface area contributed by atoms with Gasteiger partial charge in [0, 0.05) is 29.1 Å². The number of nitro benzene ring substituents is 1. The van der Waals surface area contributed by atoms with E-state index < -0.39 is 0 Å². The summed E-state index contributed by atoms with van der Waals surface area (Å²) in [6.07, 6.45) is 6.67. The van der Waals surface area contributed by atoms with Gasteiger partial charge in [0.2, 0.25) is 0 Å². The smallest absolute Gasteiger partial charge is 0.270 e. The number of aromatic nitrogens is 1. The maximum absolute atomic E-state index is 11.4. The quantitative estimate of drug-likeness (QED) is 0.294. The van der Waals surface area contributed by atoms with Crippen molar-refractivity contribution >= 4 is 22.7 Å². The molecular formula is C26H31N3O2S. The fraction of sp³-hybridized carbons (Fsp3) is 0.423. The topological polar surface area (TPSA) is 60.4 Å². The Kier molecular flexibility index (Phi) is 6.89. The van der Waals surface area contributed by atoms with Gasteiger partial charge >= 0.3 is 0 Å². The molecule has 1 aliphatic rings. The number of thiazole rings is 1. The molecule has 1 fully saturated rings. The molecule has 0 spiro atoms. The number of hydrogen-bond donors (Lipinski definition) is 0. The van der Waals surface area contributed by atoms with Gasteiger partial charge in [0.1, 0.15) is 0 Å². The van der Waals surface area contributed by atoms with Crippen LogP contribution in [-0.4, -0.2) is 9.49 Å². The van der Waals surface area contributed by atoms with E-state index in [1.54, 1.807) is 29.5 Å². The Morgan fingerprint density at radius 3 is 2.44 bits per heavy atom. The Morgan fingerprint density at radius 2 is 1.78 bits per heavy atom. The van der Waals surface area contributed by atoms with Crippen LogP contribution in [0.2, 0.25) is 0 Å². The number of nitrogens with zero attached hydrogens (tertiary/aromatic N) is 3. The summed E-state index contributed by atoms with van der Waals surface area (Å²) in [5, 5.41) is 13.5. The molecular weight excluding hydrogens is 418 g/mol. The Morgan fingerprint density at radius 1 is 1.09 bits per heavy atom. The molecule has 2 atom stereocenters. The summed E-state index contributed by atoms with van der Waals surface area (Å²) in [7, 11) is 0. The molecule has 0 bridgehead atoms. The highest BCUT2D eigenvalue weighted by Crippen LogP contribution is 2.37. The molecule has 3 aromatic rings. The van der Waals surface area contributed by atoms with Crippen LogP contribution in [0.25, 0.3) is 11.3 Å². The number of nitro groups is 1. The van der Waals surface area contributed by atoms with Gasteiger partial charge in [-0.25, -0.2) is 4.99 Å². The third kappa shape index (κ3) is 4.42. The van der Waals surface area contributed by atoms with Crippen LogP contribution in [0.5, 0.6) is 0 Å². The Hall–Kier alpha value is -2.73. The zero-order valence-corrected chi connectivity index (χ0v) is 19.9. The monoisotopic (exact) mass is 449 g/mol. The van der Waals surface area contributed by atoms with Crippen molar-refractivity contribution in [3.8, 4) is 11.3 Å². The molecule has 1 aromatic heterocycles. The van der Waals surface area contributed by atoms with E-state index in [1.807, 2.05) is 6.07 Å². The Balaban J connectivity index is 1.95. The minimum absolute atomic E-state index is 0.125. The molecule has 32 heavy (non-hydrogen) atoms. The van der Waals surface area contributed by atoms with E-state index in [-0.39, 0.29) is 10.6 Å². The normalized spacial score (nSPS) is 19.3. The molecule has 1 aliphatic carbocycles. The second-order valence-corrected chi connectivity index (χ2v) is 9.49. The molecule has 5 nitrogen and oxygen atoms in total. The second-order valence-electron chi connectivity index (χ2n) is 8.65. The molecule has 2 aromatic carbocycles. The van der Waals surface area contributed by atoms with Crippen LogP contribution in [0.3, 0.4) is 0 Å². The van der Waals surface area contributed by atoms with Gasteiger partial charge in [-0.15, -0.1) is 11.3 Å². The van der Waals surface area contributed by atoms with Crippen LogP contribution >= 0.6 is 11.3 Å². The summed E-state index contributed by atoms with van der Waals surface area (Å²) < 4.78 is 2.37. The van der Waals surface area contributed by atoms with Gasteiger partial charge in [-0.1, -0.05) is 63.9 Å². The number of benzene rings is 2. The van der Waals surface area contributed by atoms with E-state index in [4.69, 9.17) is 4.99 Å². The molecule has 168 valence electrons. The van der Waals surface area contributed by atoms with E-state index in [9.17, 15) is 10.1 Å². The average molecular weight is 450 g/mol. The first-order chi connectivity index (χ1) is 15.5. The molecule has 1 heterocycles. The fourth-order valence-electron chi connectivity index (χ4n) is 4.85. The van der Waals surface area contributed by atoms with Crippen molar-refractivity contribution < 1.29 is 4.92 Å². The van der Waals surface area contributed by atoms with Crippen LogP contribution < -0.4 is 4.80 Å². The van der Waals surface area contributed by atoms with Gasteiger partial charge in [0.15, 0.2) is 4.80 Å². The van der Waals surface area contributed by atoms with E-state index in [1.165, 1.54) is 30.4 Å². The van der Waals surface area contributed by atoms with Crippen LogP contribution in [-0.2, 0) is 12.8 Å². The van der Waals surface area contributed by atoms with Crippen molar-refractivity contribution in [2.45, 2.75) is 65.3 Å². The van der Waals surface area contributed by atoms with E-state index >= 15 is 0 Å². The lowest BCUT2D eigenvalue weighted by Gasteiger charge is -2.31. The highest BCUT2D eigenvalue weighted by atomic mass is 32.1. The van der Waals surface area contributed by atoms with Crippen molar-refractivity contribution in [1.82, 2.24) is 4.57 Å². The number of hydrogen-bond acceptors (Lipinski definition) is 4. The molecule has 0 saturated heterocycles. The van der Waals surface area contributed by atoms with Gasteiger partial charge in [-0.3, -0.25) is 10.1 Å². The zero-order valence-electron chi connectivity index (χ0n) is 19.1. The summed E-state index contributed by atoms with van der Waals surface area (Å²) in [4.78, 5) is 17.3. The maximum atomic E-state index is 11.4. The third-order valence-corrected chi connectivity index (χ3v) is 7.50. The minimum Gasteiger partial charge on any atom is -0.313 e. The van der Waals surface area contributed by atoms with E-state index in [0.717, 1.165) is 41.0 Å². The first-order valence-electron chi connectivity index (χ1n) is 11.6. The van der Waals surface area contributed by atoms with Crippen LogP contribution in [0.15, 0.2) is 52.8 Å². The average Bonchev–Trinajstić information content (AvgIpc) is 3.23. The van der Waals surface area contributed by atoms with Crippen molar-refractivity contribution in [3.05, 3.63) is 73.9 Å². The van der Waals surface area contributed by atoms with Crippen molar-refractivity contribution in [2.24, 2.45) is 10.9 Å². The first-order valence-corrected chi connectivity index (χ1v) is 12.5. The standard InChI is InChI=1S/C26H31N3O2S/c1-4-19-11-8-12-20(5-2)25(19)27-26-28(23-15-7-6-10-18(23)3)24(17-32-26)21-13-9-14-22(16-21)29(30)31/h8-9,11-14,16-18,23H,4-7,10,15H2,1-3H3. The Labute approximate surface area is 193 Å². The fourth-order valence-corrected chi connectivity index (χ4v) is 5.80. The molecule has 0 aliphatic heterocycles. The first kappa shape index (κ1) is 22.5. The molecule has 0 amide bonds. The maximum Gasteiger partial charge on any atom is 0.270 e. The van der Waals surface area contributed by atoms with Crippen molar-refractivity contribution in [2.75, 3.05) is 0 Å². The predicted molar refractivity (Wildman–Crippen MR) is 131 cm³/mol.